The zero-order chi connectivity index (χ0) is 14.0. The SMILES string of the molecule is Cc1nnc(Oc2ccc(N)cc2Cl)c(C#N)c1C. The minimum atomic E-state index is 0.136. The zero-order valence-electron chi connectivity index (χ0n) is 10.4. The maximum atomic E-state index is 9.16. The molecule has 1 heterocycles. The lowest BCUT2D eigenvalue weighted by Crippen LogP contribution is -2.00. The van der Waals surface area contributed by atoms with Crippen molar-refractivity contribution in [2.45, 2.75) is 13.8 Å². The second kappa shape index (κ2) is 5.12. The molecule has 0 unspecified atom stereocenters. The third-order valence-electron chi connectivity index (χ3n) is 2.70. The van der Waals surface area contributed by atoms with Crippen LogP contribution in [0.15, 0.2) is 18.2 Å². The zero-order valence-corrected chi connectivity index (χ0v) is 11.2. The smallest absolute Gasteiger partial charge is 0.257 e. The first-order valence-electron chi connectivity index (χ1n) is 5.49. The third-order valence-corrected chi connectivity index (χ3v) is 2.99. The predicted molar refractivity (Wildman–Crippen MR) is 72.2 cm³/mol. The van der Waals surface area contributed by atoms with E-state index < -0.39 is 0 Å². The van der Waals surface area contributed by atoms with E-state index in [-0.39, 0.29) is 5.88 Å². The number of nitrogens with two attached hydrogens (primary N) is 1. The molecule has 1 aromatic heterocycles. The molecule has 0 amide bonds. The number of rotatable bonds is 2. The summed E-state index contributed by atoms with van der Waals surface area (Å²) in [5, 5.41) is 17.3. The number of nitrogen functional groups attached to an aromatic ring is 1. The van der Waals surface area contributed by atoms with Crippen LogP contribution in [0.2, 0.25) is 5.02 Å². The van der Waals surface area contributed by atoms with Crippen LogP contribution < -0.4 is 10.5 Å². The summed E-state index contributed by atoms with van der Waals surface area (Å²) in [7, 11) is 0. The van der Waals surface area contributed by atoms with Crippen molar-refractivity contribution in [3.05, 3.63) is 40.0 Å². The van der Waals surface area contributed by atoms with E-state index in [2.05, 4.69) is 16.3 Å². The van der Waals surface area contributed by atoms with E-state index >= 15 is 0 Å². The van der Waals surface area contributed by atoms with Crippen molar-refractivity contribution in [3.8, 4) is 17.7 Å². The Morgan fingerprint density at radius 2 is 2.05 bits per heavy atom. The Morgan fingerprint density at radius 3 is 2.68 bits per heavy atom. The number of nitrogens with zero attached hydrogens (tertiary/aromatic N) is 3. The van der Waals surface area contributed by atoms with Crippen LogP contribution >= 0.6 is 11.6 Å². The largest absolute Gasteiger partial charge is 0.435 e. The first kappa shape index (κ1) is 13.1. The van der Waals surface area contributed by atoms with Crippen LogP contribution in [0.4, 0.5) is 5.69 Å². The highest BCUT2D eigenvalue weighted by Crippen LogP contribution is 2.32. The molecule has 0 radical (unpaired) electrons. The van der Waals surface area contributed by atoms with Crippen molar-refractivity contribution in [2.75, 3.05) is 5.73 Å². The van der Waals surface area contributed by atoms with E-state index in [0.717, 1.165) is 5.56 Å². The molecule has 0 saturated carbocycles. The molecule has 0 spiro atoms. The molecule has 0 fully saturated rings. The van der Waals surface area contributed by atoms with E-state index in [1.54, 1.807) is 32.0 Å². The summed E-state index contributed by atoms with van der Waals surface area (Å²) in [6.45, 7) is 3.57. The van der Waals surface area contributed by atoms with Gasteiger partial charge in [0.25, 0.3) is 5.88 Å². The number of aromatic nitrogens is 2. The van der Waals surface area contributed by atoms with Gasteiger partial charge in [-0.2, -0.15) is 10.4 Å². The van der Waals surface area contributed by atoms with Crippen LogP contribution in [0.25, 0.3) is 0 Å². The third kappa shape index (κ3) is 2.59. The number of ether oxygens (including phenoxy) is 1. The van der Waals surface area contributed by atoms with E-state index in [0.29, 0.717) is 27.7 Å². The second-order valence-electron chi connectivity index (χ2n) is 3.99. The van der Waals surface area contributed by atoms with Crippen LogP contribution in [0.1, 0.15) is 16.8 Å². The van der Waals surface area contributed by atoms with Crippen molar-refractivity contribution in [1.29, 1.82) is 5.26 Å². The highest BCUT2D eigenvalue weighted by atomic mass is 35.5. The van der Waals surface area contributed by atoms with Crippen LogP contribution in [-0.4, -0.2) is 10.2 Å². The average Bonchev–Trinajstić information content (AvgIpc) is 2.37. The molecule has 2 rings (SSSR count). The summed E-state index contributed by atoms with van der Waals surface area (Å²) in [6, 6.07) is 6.90. The molecule has 0 aliphatic carbocycles. The van der Waals surface area contributed by atoms with Gasteiger partial charge in [-0.05, 0) is 37.6 Å². The molecule has 19 heavy (non-hydrogen) atoms. The van der Waals surface area contributed by atoms with Gasteiger partial charge in [-0.25, -0.2) is 0 Å². The van der Waals surface area contributed by atoms with Crippen LogP contribution in [0.5, 0.6) is 11.6 Å². The van der Waals surface area contributed by atoms with E-state index in [4.69, 9.17) is 27.3 Å². The Balaban J connectivity index is 2.44. The number of hydrogen-bond acceptors (Lipinski definition) is 5. The number of halogens is 1. The summed E-state index contributed by atoms with van der Waals surface area (Å²) < 4.78 is 5.54. The Hall–Kier alpha value is -2.32. The molecule has 1 aromatic carbocycles. The van der Waals surface area contributed by atoms with Gasteiger partial charge in [0.2, 0.25) is 0 Å². The summed E-state index contributed by atoms with van der Waals surface area (Å²) in [4.78, 5) is 0. The summed E-state index contributed by atoms with van der Waals surface area (Å²) in [5.41, 5.74) is 7.90. The van der Waals surface area contributed by atoms with Crippen molar-refractivity contribution in [2.24, 2.45) is 0 Å². The molecule has 0 aliphatic heterocycles. The Labute approximate surface area is 115 Å². The van der Waals surface area contributed by atoms with Gasteiger partial charge in [0.05, 0.1) is 10.7 Å². The predicted octanol–water partition coefficient (Wildman–Crippen LogP) is 2.99. The lowest BCUT2D eigenvalue weighted by molar-refractivity contribution is 0.452. The molecule has 2 aromatic rings. The molecule has 0 bridgehead atoms. The molecule has 96 valence electrons. The topological polar surface area (TPSA) is 84.8 Å². The first-order valence-corrected chi connectivity index (χ1v) is 5.87. The van der Waals surface area contributed by atoms with Crippen LogP contribution in [-0.2, 0) is 0 Å². The Kier molecular flexibility index (Phi) is 3.54. The molecule has 2 N–H and O–H groups in total. The highest BCUT2D eigenvalue weighted by molar-refractivity contribution is 6.32. The Morgan fingerprint density at radius 1 is 1.32 bits per heavy atom. The van der Waals surface area contributed by atoms with Gasteiger partial charge < -0.3 is 10.5 Å². The number of anilines is 1. The maximum Gasteiger partial charge on any atom is 0.257 e. The van der Waals surface area contributed by atoms with Gasteiger partial charge in [-0.1, -0.05) is 11.6 Å². The van der Waals surface area contributed by atoms with E-state index in [9.17, 15) is 0 Å². The monoisotopic (exact) mass is 274 g/mol. The molecular weight excluding hydrogens is 264 g/mol. The molecule has 5 nitrogen and oxygen atoms in total. The Bertz CT molecular complexity index is 679. The minimum Gasteiger partial charge on any atom is -0.435 e. The first-order chi connectivity index (χ1) is 9.02. The van der Waals surface area contributed by atoms with Crippen LogP contribution in [0.3, 0.4) is 0 Å². The maximum absolute atomic E-state index is 9.16. The van der Waals surface area contributed by atoms with Gasteiger partial charge in [0.1, 0.15) is 17.4 Å². The van der Waals surface area contributed by atoms with Crippen molar-refractivity contribution in [1.82, 2.24) is 10.2 Å². The summed E-state index contributed by atoms with van der Waals surface area (Å²) >= 11 is 6.01. The van der Waals surface area contributed by atoms with Crippen LogP contribution in [0, 0.1) is 25.2 Å². The molecule has 6 heteroatoms. The van der Waals surface area contributed by atoms with Crippen molar-refractivity contribution in [3.63, 3.8) is 0 Å². The molecule has 0 saturated heterocycles. The van der Waals surface area contributed by atoms with Crippen molar-refractivity contribution >= 4 is 17.3 Å². The number of hydrogen-bond donors (Lipinski definition) is 1. The fraction of sp³-hybridized carbons (Fsp3) is 0.154. The van der Waals surface area contributed by atoms with Gasteiger partial charge in [0.15, 0.2) is 0 Å². The summed E-state index contributed by atoms with van der Waals surface area (Å²) in [6.07, 6.45) is 0. The van der Waals surface area contributed by atoms with Gasteiger partial charge in [-0.3, -0.25) is 0 Å². The fourth-order valence-electron chi connectivity index (χ4n) is 1.49. The van der Waals surface area contributed by atoms with Gasteiger partial charge in [-0.15, -0.1) is 5.10 Å². The van der Waals surface area contributed by atoms with E-state index in [1.807, 2.05) is 0 Å². The van der Waals surface area contributed by atoms with E-state index in [1.165, 1.54) is 0 Å². The minimum absolute atomic E-state index is 0.136. The van der Waals surface area contributed by atoms with Gasteiger partial charge >= 0.3 is 0 Å². The normalized spacial score (nSPS) is 10.0. The second-order valence-corrected chi connectivity index (χ2v) is 4.40. The number of nitriles is 1. The van der Waals surface area contributed by atoms with Gasteiger partial charge in [0, 0.05) is 5.69 Å². The quantitative estimate of drug-likeness (QED) is 0.851. The lowest BCUT2D eigenvalue weighted by atomic mass is 10.1. The molecular formula is C13H11ClN4O. The molecule has 0 atom stereocenters. The number of benzene rings is 1. The standard InChI is InChI=1S/C13H11ClN4O/c1-7-8(2)17-18-13(10(7)6-15)19-12-4-3-9(16)5-11(12)14/h3-5H,16H2,1-2H3. The summed E-state index contributed by atoms with van der Waals surface area (Å²) in [5.74, 6) is 0.516. The molecule has 0 aliphatic rings. The lowest BCUT2D eigenvalue weighted by Gasteiger charge is -2.10. The fourth-order valence-corrected chi connectivity index (χ4v) is 1.72. The van der Waals surface area contributed by atoms with Crippen molar-refractivity contribution < 1.29 is 4.74 Å². The number of aryl methyl sites for hydroxylation is 1. The average molecular weight is 275 g/mol. The highest BCUT2D eigenvalue weighted by Gasteiger charge is 2.14.